The molecule has 0 bridgehead atoms. The van der Waals surface area contributed by atoms with Gasteiger partial charge in [0.15, 0.2) is 0 Å². The number of rotatable bonds is 4. The molecule has 0 aliphatic rings. The van der Waals surface area contributed by atoms with Gasteiger partial charge in [0.1, 0.15) is 5.82 Å². The molecule has 0 atom stereocenters. The summed E-state index contributed by atoms with van der Waals surface area (Å²) >= 11 is 5.24. The molecule has 98 valence electrons. The van der Waals surface area contributed by atoms with Gasteiger partial charge in [-0.05, 0) is 33.3 Å². The minimum atomic E-state index is 0.334. The molecule has 0 aliphatic heterocycles. The minimum absolute atomic E-state index is 0.334. The van der Waals surface area contributed by atoms with Gasteiger partial charge in [0.25, 0.3) is 0 Å². The number of nitrogens with zero attached hydrogens (tertiary/aromatic N) is 2. The number of hydrogen-bond acceptors (Lipinski definition) is 4. The van der Waals surface area contributed by atoms with E-state index in [4.69, 9.17) is 5.73 Å². The summed E-state index contributed by atoms with van der Waals surface area (Å²) in [7, 11) is 1.91. The van der Waals surface area contributed by atoms with Gasteiger partial charge in [0.2, 0.25) is 0 Å². The van der Waals surface area contributed by atoms with E-state index < -0.39 is 0 Å². The van der Waals surface area contributed by atoms with Gasteiger partial charge in [0.05, 0.1) is 17.9 Å². The van der Waals surface area contributed by atoms with Gasteiger partial charge in [-0.3, -0.25) is 4.68 Å². The first-order chi connectivity index (χ1) is 8.50. The maximum atomic E-state index is 6.13. The Morgan fingerprint density at radius 2 is 2.28 bits per heavy atom. The van der Waals surface area contributed by atoms with Crippen LogP contribution in [-0.2, 0) is 13.6 Å². The first kappa shape index (κ1) is 13.4. The van der Waals surface area contributed by atoms with Gasteiger partial charge >= 0.3 is 0 Å². The molecule has 0 spiro atoms. The van der Waals surface area contributed by atoms with Crippen molar-refractivity contribution in [2.75, 3.05) is 11.1 Å². The van der Waals surface area contributed by atoms with Gasteiger partial charge < -0.3 is 11.1 Å². The topological polar surface area (TPSA) is 55.9 Å². The van der Waals surface area contributed by atoms with Crippen LogP contribution < -0.4 is 11.1 Å². The van der Waals surface area contributed by atoms with Gasteiger partial charge in [0, 0.05) is 16.4 Å². The van der Waals surface area contributed by atoms with Crippen LogP contribution in [0.25, 0.3) is 0 Å². The summed E-state index contributed by atoms with van der Waals surface area (Å²) in [5.74, 6) is 1.22. The largest absolute Gasteiger partial charge is 0.394 e. The first-order valence-corrected chi connectivity index (χ1v) is 7.46. The molecule has 0 aromatic carbocycles. The molecule has 0 unspecified atom stereocenters. The monoisotopic (exact) mass is 328 g/mol. The molecule has 2 heterocycles. The Morgan fingerprint density at radius 1 is 1.56 bits per heavy atom. The number of halogens is 1. The van der Waals surface area contributed by atoms with Crippen LogP contribution in [0.4, 0.5) is 11.5 Å². The van der Waals surface area contributed by atoms with Crippen molar-refractivity contribution in [1.82, 2.24) is 9.78 Å². The smallest absolute Gasteiger partial charge is 0.148 e. The van der Waals surface area contributed by atoms with Crippen molar-refractivity contribution in [3.8, 4) is 0 Å². The average Bonchev–Trinajstić information content (AvgIpc) is 2.82. The minimum Gasteiger partial charge on any atom is -0.394 e. The van der Waals surface area contributed by atoms with Crippen molar-refractivity contribution in [1.29, 1.82) is 0 Å². The summed E-state index contributed by atoms with van der Waals surface area (Å²) < 4.78 is 2.94. The molecule has 0 fully saturated rings. The average molecular weight is 329 g/mol. The zero-order valence-electron chi connectivity index (χ0n) is 10.7. The highest BCUT2D eigenvalue weighted by Gasteiger charge is 2.15. The molecular formula is C12H17BrN4S. The molecule has 2 aromatic heterocycles. The lowest BCUT2D eigenvalue weighted by Gasteiger charge is -2.07. The summed E-state index contributed by atoms with van der Waals surface area (Å²) in [6.45, 7) is 4.94. The summed E-state index contributed by atoms with van der Waals surface area (Å²) in [4.78, 5) is 1.25. The van der Waals surface area contributed by atoms with E-state index in [1.165, 1.54) is 4.88 Å². The predicted octanol–water partition coefficient (Wildman–Crippen LogP) is 3.56. The quantitative estimate of drug-likeness (QED) is 0.902. The lowest BCUT2D eigenvalue weighted by atomic mass is 10.1. The van der Waals surface area contributed by atoms with Gasteiger partial charge in [-0.15, -0.1) is 11.3 Å². The van der Waals surface area contributed by atoms with E-state index in [1.54, 1.807) is 11.3 Å². The zero-order chi connectivity index (χ0) is 13.3. The standard InChI is InChI=1S/C12H17BrN4S/c1-7(2)11-10(14)12(17(3)16-11)15-6-9-8(13)4-5-18-9/h4-5,7,15H,6,14H2,1-3H3. The van der Waals surface area contributed by atoms with E-state index in [0.717, 1.165) is 28.2 Å². The predicted molar refractivity (Wildman–Crippen MR) is 81.1 cm³/mol. The Hall–Kier alpha value is -1.01. The Balaban J connectivity index is 2.17. The second-order valence-corrected chi connectivity index (χ2v) is 6.33. The second-order valence-electron chi connectivity index (χ2n) is 4.47. The van der Waals surface area contributed by atoms with Crippen molar-refractivity contribution in [2.24, 2.45) is 7.05 Å². The fourth-order valence-electron chi connectivity index (χ4n) is 1.81. The Bertz CT molecular complexity index is 544. The van der Waals surface area contributed by atoms with Crippen LogP contribution in [-0.4, -0.2) is 9.78 Å². The molecule has 2 aromatic rings. The van der Waals surface area contributed by atoms with E-state index in [9.17, 15) is 0 Å². The molecule has 0 amide bonds. The van der Waals surface area contributed by atoms with Crippen LogP contribution >= 0.6 is 27.3 Å². The fourth-order valence-corrected chi connectivity index (χ4v) is 3.24. The molecule has 0 saturated heterocycles. The van der Waals surface area contributed by atoms with E-state index in [1.807, 2.05) is 17.8 Å². The molecule has 2 rings (SSSR count). The van der Waals surface area contributed by atoms with Crippen LogP contribution in [0, 0.1) is 0 Å². The first-order valence-electron chi connectivity index (χ1n) is 5.78. The molecule has 6 heteroatoms. The van der Waals surface area contributed by atoms with Crippen LogP contribution in [0.2, 0.25) is 0 Å². The summed E-state index contributed by atoms with van der Waals surface area (Å²) in [5, 5.41) is 9.87. The highest BCUT2D eigenvalue weighted by molar-refractivity contribution is 9.10. The van der Waals surface area contributed by atoms with E-state index in [0.29, 0.717) is 5.92 Å². The van der Waals surface area contributed by atoms with Gasteiger partial charge in [-0.2, -0.15) is 5.10 Å². The third-order valence-electron chi connectivity index (χ3n) is 2.77. The highest BCUT2D eigenvalue weighted by atomic mass is 79.9. The number of nitrogen functional groups attached to an aromatic ring is 1. The zero-order valence-corrected chi connectivity index (χ0v) is 13.1. The van der Waals surface area contributed by atoms with Crippen LogP contribution in [0.5, 0.6) is 0 Å². The normalized spacial score (nSPS) is 11.2. The summed E-state index contributed by atoms with van der Waals surface area (Å²) in [5.41, 5.74) is 7.83. The molecular weight excluding hydrogens is 312 g/mol. The lowest BCUT2D eigenvalue weighted by molar-refractivity contribution is 0.715. The van der Waals surface area contributed by atoms with Crippen molar-refractivity contribution >= 4 is 38.8 Å². The lowest BCUT2D eigenvalue weighted by Crippen LogP contribution is -2.05. The third kappa shape index (κ3) is 2.54. The number of aryl methyl sites for hydroxylation is 1. The van der Waals surface area contributed by atoms with Crippen LogP contribution in [0.3, 0.4) is 0 Å². The third-order valence-corrected chi connectivity index (χ3v) is 4.69. The Labute approximate surface area is 119 Å². The Kier molecular flexibility index (Phi) is 3.97. The van der Waals surface area contributed by atoms with Crippen molar-refractivity contribution < 1.29 is 0 Å². The van der Waals surface area contributed by atoms with Gasteiger partial charge in [-0.1, -0.05) is 13.8 Å². The van der Waals surface area contributed by atoms with Crippen LogP contribution in [0.15, 0.2) is 15.9 Å². The van der Waals surface area contributed by atoms with Crippen molar-refractivity contribution in [3.05, 3.63) is 26.5 Å². The van der Waals surface area contributed by atoms with Crippen molar-refractivity contribution in [3.63, 3.8) is 0 Å². The number of nitrogens with one attached hydrogen (secondary N) is 1. The Morgan fingerprint density at radius 3 is 2.78 bits per heavy atom. The summed E-state index contributed by atoms with van der Waals surface area (Å²) in [6, 6.07) is 2.05. The number of aromatic nitrogens is 2. The summed E-state index contributed by atoms with van der Waals surface area (Å²) in [6.07, 6.45) is 0. The number of hydrogen-bond donors (Lipinski definition) is 2. The maximum Gasteiger partial charge on any atom is 0.148 e. The molecule has 0 radical (unpaired) electrons. The highest BCUT2D eigenvalue weighted by Crippen LogP contribution is 2.29. The number of nitrogens with two attached hydrogens (primary N) is 1. The SMILES string of the molecule is CC(C)c1nn(C)c(NCc2sccc2Br)c1N. The molecule has 18 heavy (non-hydrogen) atoms. The van der Waals surface area contributed by atoms with E-state index in [-0.39, 0.29) is 0 Å². The van der Waals surface area contributed by atoms with E-state index >= 15 is 0 Å². The number of thiophene rings is 1. The van der Waals surface area contributed by atoms with E-state index in [2.05, 4.69) is 45.6 Å². The molecule has 3 N–H and O–H groups in total. The molecule has 0 saturated carbocycles. The van der Waals surface area contributed by atoms with Gasteiger partial charge in [-0.25, -0.2) is 0 Å². The van der Waals surface area contributed by atoms with Crippen molar-refractivity contribution in [2.45, 2.75) is 26.3 Å². The second kappa shape index (κ2) is 5.32. The van der Waals surface area contributed by atoms with Crippen LogP contribution in [0.1, 0.15) is 30.3 Å². The molecule has 4 nitrogen and oxygen atoms in total. The fraction of sp³-hybridized carbons (Fsp3) is 0.417. The number of anilines is 2. The maximum absolute atomic E-state index is 6.13. The molecule has 0 aliphatic carbocycles.